The molecule has 140 valence electrons. The Bertz CT molecular complexity index is 745. The molecule has 1 aromatic heterocycles. The van der Waals surface area contributed by atoms with Gasteiger partial charge in [0.15, 0.2) is 5.76 Å². The number of benzene rings is 1. The number of nitrogens with one attached hydrogen (secondary N) is 2. The monoisotopic (exact) mass is 358 g/mol. The third kappa shape index (κ3) is 3.92. The quantitative estimate of drug-likeness (QED) is 0.796. The highest BCUT2D eigenvalue weighted by atomic mass is 16.5. The smallest absolute Gasteiger partial charge is 0.287 e. The number of hydrogen-bond donors (Lipinski definition) is 2. The highest BCUT2D eigenvalue weighted by Crippen LogP contribution is 2.26. The van der Waals surface area contributed by atoms with Crippen molar-refractivity contribution in [2.45, 2.75) is 44.4 Å². The molecule has 2 fully saturated rings. The first-order valence-electron chi connectivity index (χ1n) is 9.54. The Labute approximate surface area is 153 Å². The standard InChI is InChI=1S/C20H26N2O4/c23-20(22-12-15-6-4-10-25-15)19-17(13-21-11-14-5-3-9-24-14)16-7-1-2-8-18(16)26-19/h1-2,7-8,14-15,21H,3-6,9-13H2,(H,22,23)/t14-,15-/m1/s1. The average Bonchev–Trinajstić information content (AvgIpc) is 3.41. The van der Waals surface area contributed by atoms with Crippen molar-refractivity contribution in [1.29, 1.82) is 0 Å². The van der Waals surface area contributed by atoms with Crippen LogP contribution >= 0.6 is 0 Å². The van der Waals surface area contributed by atoms with Crippen LogP contribution < -0.4 is 10.6 Å². The van der Waals surface area contributed by atoms with Crippen LogP contribution in [0, 0.1) is 0 Å². The summed E-state index contributed by atoms with van der Waals surface area (Å²) in [5.74, 6) is 0.217. The number of para-hydroxylation sites is 1. The first-order valence-corrected chi connectivity index (χ1v) is 9.54. The highest BCUT2D eigenvalue weighted by Gasteiger charge is 2.23. The molecule has 0 unspecified atom stereocenters. The number of ether oxygens (including phenoxy) is 2. The average molecular weight is 358 g/mol. The van der Waals surface area contributed by atoms with E-state index in [1.54, 1.807) is 0 Å². The summed E-state index contributed by atoms with van der Waals surface area (Å²) >= 11 is 0. The second kappa shape index (κ2) is 8.20. The van der Waals surface area contributed by atoms with Crippen molar-refractivity contribution in [3.63, 3.8) is 0 Å². The number of carbonyl (C=O) groups is 1. The normalized spacial score (nSPS) is 22.9. The van der Waals surface area contributed by atoms with E-state index in [0.29, 0.717) is 18.8 Å². The third-order valence-electron chi connectivity index (χ3n) is 5.12. The fourth-order valence-corrected chi connectivity index (χ4v) is 3.71. The van der Waals surface area contributed by atoms with Crippen molar-refractivity contribution in [1.82, 2.24) is 10.6 Å². The first kappa shape index (κ1) is 17.5. The van der Waals surface area contributed by atoms with E-state index in [9.17, 15) is 4.79 Å². The Morgan fingerprint density at radius 1 is 1.04 bits per heavy atom. The SMILES string of the molecule is O=C(NC[C@H]1CCCO1)c1oc2ccccc2c1CNC[C@H]1CCCO1. The van der Waals surface area contributed by atoms with Crippen LogP contribution in [0.2, 0.25) is 0 Å². The van der Waals surface area contributed by atoms with Crippen molar-refractivity contribution in [3.05, 3.63) is 35.6 Å². The van der Waals surface area contributed by atoms with Gasteiger partial charge in [-0.15, -0.1) is 0 Å². The molecular weight excluding hydrogens is 332 g/mol. The second-order valence-corrected chi connectivity index (χ2v) is 7.02. The molecule has 0 saturated carbocycles. The van der Waals surface area contributed by atoms with Gasteiger partial charge >= 0.3 is 0 Å². The van der Waals surface area contributed by atoms with Gasteiger partial charge in [-0.2, -0.15) is 0 Å². The van der Waals surface area contributed by atoms with Gasteiger partial charge in [0.05, 0.1) is 12.2 Å². The van der Waals surface area contributed by atoms with Crippen LogP contribution in [0.15, 0.2) is 28.7 Å². The van der Waals surface area contributed by atoms with Gasteiger partial charge in [-0.3, -0.25) is 4.79 Å². The summed E-state index contributed by atoms with van der Waals surface area (Å²) in [4.78, 5) is 12.7. The molecule has 0 radical (unpaired) electrons. The molecule has 0 spiro atoms. The highest BCUT2D eigenvalue weighted by molar-refractivity contribution is 5.99. The van der Waals surface area contributed by atoms with E-state index in [1.807, 2.05) is 24.3 Å². The maximum absolute atomic E-state index is 12.7. The summed E-state index contributed by atoms with van der Waals surface area (Å²) in [5, 5.41) is 7.37. The Morgan fingerprint density at radius 2 is 1.77 bits per heavy atom. The Kier molecular flexibility index (Phi) is 5.53. The van der Waals surface area contributed by atoms with Gasteiger partial charge < -0.3 is 24.5 Å². The summed E-state index contributed by atoms with van der Waals surface area (Å²) in [5.41, 5.74) is 1.65. The number of amides is 1. The van der Waals surface area contributed by atoms with E-state index in [2.05, 4.69) is 10.6 Å². The van der Waals surface area contributed by atoms with E-state index in [-0.39, 0.29) is 18.1 Å². The minimum absolute atomic E-state index is 0.115. The van der Waals surface area contributed by atoms with Crippen molar-refractivity contribution in [2.75, 3.05) is 26.3 Å². The molecule has 2 atom stereocenters. The molecule has 0 bridgehead atoms. The maximum Gasteiger partial charge on any atom is 0.287 e. The van der Waals surface area contributed by atoms with Crippen LogP contribution in [-0.2, 0) is 16.0 Å². The topological polar surface area (TPSA) is 72.7 Å². The molecule has 2 N–H and O–H groups in total. The minimum atomic E-state index is -0.175. The van der Waals surface area contributed by atoms with Crippen LogP contribution in [0.3, 0.4) is 0 Å². The fourth-order valence-electron chi connectivity index (χ4n) is 3.71. The van der Waals surface area contributed by atoms with E-state index in [0.717, 1.165) is 62.0 Å². The van der Waals surface area contributed by atoms with Gasteiger partial charge in [0, 0.05) is 43.8 Å². The molecule has 4 rings (SSSR count). The van der Waals surface area contributed by atoms with Crippen molar-refractivity contribution >= 4 is 16.9 Å². The van der Waals surface area contributed by atoms with E-state index >= 15 is 0 Å². The Morgan fingerprint density at radius 3 is 2.50 bits per heavy atom. The lowest BCUT2D eigenvalue weighted by atomic mass is 10.1. The second-order valence-electron chi connectivity index (χ2n) is 7.02. The van der Waals surface area contributed by atoms with Gasteiger partial charge in [0.1, 0.15) is 5.58 Å². The molecular formula is C20H26N2O4. The molecule has 6 nitrogen and oxygen atoms in total. The van der Waals surface area contributed by atoms with Crippen molar-refractivity contribution in [2.24, 2.45) is 0 Å². The first-order chi connectivity index (χ1) is 12.8. The lowest BCUT2D eigenvalue weighted by Gasteiger charge is -2.12. The molecule has 6 heteroatoms. The van der Waals surface area contributed by atoms with Crippen LogP contribution in [-0.4, -0.2) is 44.4 Å². The largest absolute Gasteiger partial charge is 0.451 e. The minimum Gasteiger partial charge on any atom is -0.451 e. The van der Waals surface area contributed by atoms with E-state index < -0.39 is 0 Å². The third-order valence-corrected chi connectivity index (χ3v) is 5.12. The van der Waals surface area contributed by atoms with Crippen LogP contribution in [0.25, 0.3) is 11.0 Å². The van der Waals surface area contributed by atoms with Crippen LogP contribution in [0.5, 0.6) is 0 Å². The number of furan rings is 1. The number of rotatable bonds is 7. The predicted octanol–water partition coefficient (Wildman–Crippen LogP) is 2.61. The predicted molar refractivity (Wildman–Crippen MR) is 98.2 cm³/mol. The van der Waals surface area contributed by atoms with Crippen molar-refractivity contribution < 1.29 is 18.7 Å². The summed E-state index contributed by atoms with van der Waals surface area (Å²) in [6, 6.07) is 7.79. The van der Waals surface area contributed by atoms with Crippen LogP contribution in [0.1, 0.15) is 41.8 Å². The Balaban J connectivity index is 1.46. The van der Waals surface area contributed by atoms with Gasteiger partial charge in [0.2, 0.25) is 0 Å². The number of fused-ring (bicyclic) bond motifs is 1. The molecule has 3 heterocycles. The zero-order valence-electron chi connectivity index (χ0n) is 15.0. The van der Waals surface area contributed by atoms with Crippen LogP contribution in [0.4, 0.5) is 0 Å². The molecule has 1 amide bonds. The van der Waals surface area contributed by atoms with Gasteiger partial charge in [0.25, 0.3) is 5.91 Å². The van der Waals surface area contributed by atoms with E-state index in [4.69, 9.17) is 13.9 Å². The molecule has 26 heavy (non-hydrogen) atoms. The fraction of sp³-hybridized carbons (Fsp3) is 0.550. The number of carbonyl (C=O) groups excluding carboxylic acids is 1. The molecule has 1 aromatic carbocycles. The molecule has 2 aliphatic rings. The Hall–Kier alpha value is -1.89. The summed E-state index contributed by atoms with van der Waals surface area (Å²) in [6.07, 6.45) is 4.65. The summed E-state index contributed by atoms with van der Waals surface area (Å²) in [7, 11) is 0. The van der Waals surface area contributed by atoms with Gasteiger partial charge in [-0.05, 0) is 31.7 Å². The lowest BCUT2D eigenvalue weighted by Crippen LogP contribution is -2.32. The zero-order chi connectivity index (χ0) is 17.8. The molecule has 2 aromatic rings. The zero-order valence-corrected chi connectivity index (χ0v) is 15.0. The molecule has 2 saturated heterocycles. The lowest BCUT2D eigenvalue weighted by molar-refractivity contribution is 0.0835. The van der Waals surface area contributed by atoms with Gasteiger partial charge in [-0.25, -0.2) is 0 Å². The van der Waals surface area contributed by atoms with Gasteiger partial charge in [-0.1, -0.05) is 18.2 Å². The molecule has 0 aliphatic carbocycles. The number of hydrogen-bond acceptors (Lipinski definition) is 5. The maximum atomic E-state index is 12.7. The van der Waals surface area contributed by atoms with Crippen molar-refractivity contribution in [3.8, 4) is 0 Å². The van der Waals surface area contributed by atoms with E-state index in [1.165, 1.54) is 0 Å². The summed E-state index contributed by atoms with van der Waals surface area (Å²) < 4.78 is 17.1. The summed E-state index contributed by atoms with van der Waals surface area (Å²) in [6.45, 7) is 3.52. The molecule has 2 aliphatic heterocycles.